The Morgan fingerprint density at radius 2 is 1.81 bits per heavy atom. The van der Waals surface area contributed by atoms with Crippen LogP contribution in [0.25, 0.3) is 0 Å². The third kappa shape index (κ3) is 6.05. The lowest BCUT2D eigenvalue weighted by atomic mass is 10.1. The standard InChI is InChI=1S/C14H18N2O5/c15-12(18)7-6-10(14(20)21)16-13(19)11(17)8-9-4-2-1-3-5-9/h1-5,10-11,17H,6-8H2,(H2,15,18)(H,16,19)(H,20,21)/t10-,11+/m0/s1. The van der Waals surface area contributed by atoms with Crippen LogP contribution in [0.1, 0.15) is 18.4 Å². The maximum Gasteiger partial charge on any atom is 0.326 e. The first-order chi connectivity index (χ1) is 9.90. The van der Waals surface area contributed by atoms with Crippen LogP contribution in [0, 0.1) is 0 Å². The number of rotatable bonds is 8. The van der Waals surface area contributed by atoms with E-state index in [2.05, 4.69) is 5.32 Å². The van der Waals surface area contributed by atoms with Gasteiger partial charge >= 0.3 is 5.97 Å². The van der Waals surface area contributed by atoms with Crippen LogP contribution in [0.3, 0.4) is 0 Å². The molecule has 7 nitrogen and oxygen atoms in total. The van der Waals surface area contributed by atoms with Crippen molar-refractivity contribution in [2.24, 2.45) is 5.73 Å². The number of carboxylic acids is 1. The third-order valence-corrected chi connectivity index (χ3v) is 2.87. The molecule has 0 aromatic heterocycles. The second-order valence-corrected chi connectivity index (χ2v) is 4.61. The van der Waals surface area contributed by atoms with Gasteiger partial charge in [0, 0.05) is 12.8 Å². The molecular weight excluding hydrogens is 276 g/mol. The molecule has 0 spiro atoms. The van der Waals surface area contributed by atoms with Crippen molar-refractivity contribution in [3.05, 3.63) is 35.9 Å². The van der Waals surface area contributed by atoms with Gasteiger partial charge < -0.3 is 21.3 Å². The highest BCUT2D eigenvalue weighted by atomic mass is 16.4. The predicted molar refractivity (Wildman–Crippen MR) is 74.1 cm³/mol. The average molecular weight is 294 g/mol. The van der Waals surface area contributed by atoms with Crippen molar-refractivity contribution in [3.63, 3.8) is 0 Å². The summed E-state index contributed by atoms with van der Waals surface area (Å²) in [5.74, 6) is -2.73. The second kappa shape index (κ2) is 8.01. The van der Waals surface area contributed by atoms with Gasteiger partial charge in [0.1, 0.15) is 12.1 Å². The summed E-state index contributed by atoms with van der Waals surface area (Å²) in [6, 6.07) is 7.59. The van der Waals surface area contributed by atoms with E-state index in [9.17, 15) is 19.5 Å². The fraction of sp³-hybridized carbons (Fsp3) is 0.357. The number of amides is 2. The molecule has 114 valence electrons. The monoisotopic (exact) mass is 294 g/mol. The van der Waals surface area contributed by atoms with Crippen LogP contribution >= 0.6 is 0 Å². The van der Waals surface area contributed by atoms with Crippen molar-refractivity contribution >= 4 is 17.8 Å². The molecule has 21 heavy (non-hydrogen) atoms. The quantitative estimate of drug-likeness (QED) is 0.510. The fourth-order valence-corrected chi connectivity index (χ4v) is 1.74. The minimum Gasteiger partial charge on any atom is -0.480 e. The average Bonchev–Trinajstić information content (AvgIpc) is 2.43. The Bertz CT molecular complexity index is 503. The molecule has 0 aliphatic heterocycles. The summed E-state index contributed by atoms with van der Waals surface area (Å²) in [5, 5.41) is 20.9. The molecule has 0 aliphatic rings. The van der Waals surface area contributed by atoms with E-state index < -0.39 is 29.9 Å². The molecule has 2 amide bonds. The molecule has 5 N–H and O–H groups in total. The van der Waals surface area contributed by atoms with Gasteiger partial charge in [-0.25, -0.2) is 4.79 Å². The topological polar surface area (TPSA) is 130 Å². The molecule has 0 saturated carbocycles. The van der Waals surface area contributed by atoms with Crippen molar-refractivity contribution in [1.29, 1.82) is 0 Å². The summed E-state index contributed by atoms with van der Waals surface area (Å²) in [7, 11) is 0. The van der Waals surface area contributed by atoms with E-state index in [4.69, 9.17) is 10.8 Å². The summed E-state index contributed by atoms with van der Waals surface area (Å²) in [6.45, 7) is 0. The number of carbonyl (C=O) groups excluding carboxylic acids is 2. The number of carbonyl (C=O) groups is 3. The first kappa shape index (κ1) is 16.6. The Kier molecular flexibility index (Phi) is 6.35. The van der Waals surface area contributed by atoms with Crippen LogP contribution in [-0.2, 0) is 20.8 Å². The summed E-state index contributed by atoms with van der Waals surface area (Å²) in [5.41, 5.74) is 5.69. The molecule has 0 heterocycles. The van der Waals surface area contributed by atoms with Crippen molar-refractivity contribution in [2.45, 2.75) is 31.4 Å². The highest BCUT2D eigenvalue weighted by molar-refractivity contribution is 5.86. The van der Waals surface area contributed by atoms with Crippen LogP contribution in [0.5, 0.6) is 0 Å². The normalized spacial score (nSPS) is 13.2. The van der Waals surface area contributed by atoms with Crippen LogP contribution < -0.4 is 11.1 Å². The van der Waals surface area contributed by atoms with Crippen molar-refractivity contribution in [2.75, 3.05) is 0 Å². The maximum atomic E-state index is 11.8. The number of nitrogens with one attached hydrogen (secondary N) is 1. The van der Waals surface area contributed by atoms with E-state index >= 15 is 0 Å². The number of primary amides is 1. The molecule has 0 unspecified atom stereocenters. The largest absolute Gasteiger partial charge is 0.480 e. The Hall–Kier alpha value is -2.41. The summed E-state index contributed by atoms with van der Waals surface area (Å²) in [4.78, 5) is 33.4. The highest BCUT2D eigenvalue weighted by Crippen LogP contribution is 2.04. The number of aliphatic hydroxyl groups is 1. The van der Waals surface area contributed by atoms with E-state index in [0.717, 1.165) is 5.56 Å². The third-order valence-electron chi connectivity index (χ3n) is 2.87. The molecule has 0 aliphatic carbocycles. The maximum absolute atomic E-state index is 11.8. The Morgan fingerprint density at radius 1 is 1.19 bits per heavy atom. The zero-order chi connectivity index (χ0) is 15.8. The zero-order valence-corrected chi connectivity index (χ0v) is 11.4. The number of aliphatic carboxylic acids is 1. The second-order valence-electron chi connectivity index (χ2n) is 4.61. The van der Waals surface area contributed by atoms with Crippen molar-refractivity contribution < 1.29 is 24.6 Å². The number of carboxylic acid groups (broad SMARTS) is 1. The lowest BCUT2D eigenvalue weighted by Gasteiger charge is -2.16. The molecule has 0 bridgehead atoms. The molecule has 0 fully saturated rings. The first-order valence-corrected chi connectivity index (χ1v) is 6.43. The van der Waals surface area contributed by atoms with Gasteiger partial charge in [0.05, 0.1) is 0 Å². The summed E-state index contributed by atoms with van der Waals surface area (Å²) < 4.78 is 0. The lowest BCUT2D eigenvalue weighted by molar-refractivity contribution is -0.143. The van der Waals surface area contributed by atoms with Gasteiger partial charge in [-0.05, 0) is 12.0 Å². The van der Waals surface area contributed by atoms with E-state index in [1.54, 1.807) is 30.3 Å². The van der Waals surface area contributed by atoms with Gasteiger partial charge in [-0.15, -0.1) is 0 Å². The zero-order valence-electron chi connectivity index (χ0n) is 11.4. The van der Waals surface area contributed by atoms with Crippen LogP contribution in [-0.4, -0.2) is 40.1 Å². The summed E-state index contributed by atoms with van der Waals surface area (Å²) in [6.07, 6.45) is -1.56. The smallest absolute Gasteiger partial charge is 0.326 e. The molecular formula is C14H18N2O5. The van der Waals surface area contributed by atoms with E-state index in [1.165, 1.54) is 0 Å². The van der Waals surface area contributed by atoms with Crippen LogP contribution in [0.2, 0.25) is 0 Å². The number of nitrogens with two attached hydrogens (primary N) is 1. The van der Waals surface area contributed by atoms with E-state index in [-0.39, 0.29) is 19.3 Å². The minimum absolute atomic E-state index is 0.0782. The summed E-state index contributed by atoms with van der Waals surface area (Å²) >= 11 is 0. The number of benzene rings is 1. The molecule has 0 saturated heterocycles. The lowest BCUT2D eigenvalue weighted by Crippen LogP contribution is -2.46. The molecule has 1 aromatic carbocycles. The SMILES string of the molecule is NC(=O)CC[C@H](NC(=O)[C@H](O)Cc1ccccc1)C(=O)O. The Morgan fingerprint density at radius 3 is 2.33 bits per heavy atom. The van der Waals surface area contributed by atoms with Gasteiger partial charge in [0.2, 0.25) is 11.8 Å². The molecule has 1 rings (SSSR count). The number of hydrogen-bond donors (Lipinski definition) is 4. The van der Waals surface area contributed by atoms with E-state index in [1.807, 2.05) is 0 Å². The van der Waals surface area contributed by atoms with Gasteiger partial charge in [0.15, 0.2) is 0 Å². The molecule has 0 radical (unpaired) electrons. The van der Waals surface area contributed by atoms with Gasteiger partial charge in [-0.2, -0.15) is 0 Å². The van der Waals surface area contributed by atoms with Crippen molar-refractivity contribution in [1.82, 2.24) is 5.32 Å². The van der Waals surface area contributed by atoms with Gasteiger partial charge in [0.25, 0.3) is 0 Å². The minimum atomic E-state index is -1.36. The van der Waals surface area contributed by atoms with Gasteiger partial charge in [-0.3, -0.25) is 9.59 Å². The molecule has 1 aromatic rings. The van der Waals surface area contributed by atoms with Crippen LogP contribution in [0.4, 0.5) is 0 Å². The number of hydrogen-bond acceptors (Lipinski definition) is 4. The molecule has 2 atom stereocenters. The predicted octanol–water partition coefficient (Wildman–Crippen LogP) is -0.575. The number of aliphatic hydroxyl groups excluding tert-OH is 1. The van der Waals surface area contributed by atoms with Crippen LogP contribution in [0.15, 0.2) is 30.3 Å². The Balaban J connectivity index is 2.56. The Labute approximate surface area is 121 Å². The molecule has 7 heteroatoms. The first-order valence-electron chi connectivity index (χ1n) is 6.43. The fourth-order valence-electron chi connectivity index (χ4n) is 1.74. The highest BCUT2D eigenvalue weighted by Gasteiger charge is 2.24. The van der Waals surface area contributed by atoms with E-state index in [0.29, 0.717) is 0 Å². The van der Waals surface area contributed by atoms with Crippen molar-refractivity contribution in [3.8, 4) is 0 Å². The van der Waals surface area contributed by atoms with Gasteiger partial charge in [-0.1, -0.05) is 30.3 Å².